The summed E-state index contributed by atoms with van der Waals surface area (Å²) < 4.78 is 5.05. The third-order valence-electron chi connectivity index (χ3n) is 2.38. The van der Waals surface area contributed by atoms with Crippen LogP contribution in [0.2, 0.25) is 5.02 Å². The van der Waals surface area contributed by atoms with Crippen molar-refractivity contribution in [2.45, 2.75) is 6.92 Å². The smallest absolute Gasteiger partial charge is 0.203 e. The standard InChI is InChI=1S/C13H11ClO2S/c1-8-3-6-12(17-8)13(15)9-4-5-11(16-2)10(14)7-9/h3-7H,1-2H3. The first-order valence-corrected chi connectivity index (χ1v) is 6.26. The Morgan fingerprint density at radius 1 is 1.29 bits per heavy atom. The number of hydrogen-bond acceptors (Lipinski definition) is 3. The zero-order chi connectivity index (χ0) is 12.4. The molecule has 4 heteroatoms. The van der Waals surface area contributed by atoms with Crippen molar-refractivity contribution in [3.63, 3.8) is 0 Å². The van der Waals surface area contributed by atoms with E-state index in [1.54, 1.807) is 25.3 Å². The summed E-state index contributed by atoms with van der Waals surface area (Å²) in [6.45, 7) is 1.97. The van der Waals surface area contributed by atoms with Crippen LogP contribution in [-0.4, -0.2) is 12.9 Å². The Labute approximate surface area is 109 Å². The Morgan fingerprint density at radius 3 is 2.59 bits per heavy atom. The molecule has 0 saturated heterocycles. The summed E-state index contributed by atoms with van der Waals surface area (Å²) in [5, 5.41) is 0.451. The molecule has 1 aromatic carbocycles. The van der Waals surface area contributed by atoms with Gasteiger partial charge in [0, 0.05) is 10.4 Å². The molecule has 2 aromatic rings. The molecule has 2 nitrogen and oxygen atoms in total. The minimum Gasteiger partial charge on any atom is -0.495 e. The maximum Gasteiger partial charge on any atom is 0.203 e. The highest BCUT2D eigenvalue weighted by atomic mass is 35.5. The van der Waals surface area contributed by atoms with Crippen LogP contribution in [0.15, 0.2) is 30.3 Å². The van der Waals surface area contributed by atoms with Gasteiger partial charge in [-0.1, -0.05) is 11.6 Å². The molecule has 0 aliphatic rings. The zero-order valence-corrected chi connectivity index (χ0v) is 11.1. The summed E-state index contributed by atoms with van der Waals surface area (Å²) in [5.74, 6) is 0.568. The molecule has 1 heterocycles. The van der Waals surface area contributed by atoms with Gasteiger partial charge in [0.25, 0.3) is 0 Å². The largest absolute Gasteiger partial charge is 0.495 e. The van der Waals surface area contributed by atoms with Crippen LogP contribution < -0.4 is 4.74 Å². The number of aryl methyl sites for hydroxylation is 1. The van der Waals surface area contributed by atoms with Gasteiger partial charge >= 0.3 is 0 Å². The van der Waals surface area contributed by atoms with Gasteiger partial charge in [0.15, 0.2) is 0 Å². The van der Waals surface area contributed by atoms with Crippen molar-refractivity contribution >= 4 is 28.7 Å². The van der Waals surface area contributed by atoms with Crippen molar-refractivity contribution in [3.05, 3.63) is 50.7 Å². The van der Waals surface area contributed by atoms with Crippen LogP contribution in [0.25, 0.3) is 0 Å². The highest BCUT2D eigenvalue weighted by Gasteiger charge is 2.12. The van der Waals surface area contributed by atoms with Gasteiger partial charge in [-0.3, -0.25) is 4.79 Å². The van der Waals surface area contributed by atoms with Gasteiger partial charge in [-0.2, -0.15) is 0 Å². The van der Waals surface area contributed by atoms with Crippen LogP contribution in [0.5, 0.6) is 5.75 Å². The maximum absolute atomic E-state index is 12.1. The molecule has 0 spiro atoms. The van der Waals surface area contributed by atoms with Gasteiger partial charge < -0.3 is 4.74 Å². The van der Waals surface area contributed by atoms with Crippen molar-refractivity contribution in [1.82, 2.24) is 0 Å². The van der Waals surface area contributed by atoms with E-state index in [-0.39, 0.29) is 5.78 Å². The van der Waals surface area contributed by atoms with Gasteiger partial charge in [-0.15, -0.1) is 11.3 Å². The van der Waals surface area contributed by atoms with Crippen molar-refractivity contribution in [1.29, 1.82) is 0 Å². The van der Waals surface area contributed by atoms with Crippen LogP contribution >= 0.6 is 22.9 Å². The molecular formula is C13H11ClO2S. The molecule has 0 fully saturated rings. The van der Waals surface area contributed by atoms with Gasteiger partial charge in [-0.25, -0.2) is 0 Å². The average Bonchev–Trinajstić information content (AvgIpc) is 2.75. The van der Waals surface area contributed by atoms with Crippen LogP contribution in [-0.2, 0) is 0 Å². The molecule has 0 N–H and O–H groups in total. The topological polar surface area (TPSA) is 26.3 Å². The summed E-state index contributed by atoms with van der Waals surface area (Å²) in [6, 6.07) is 8.83. The van der Waals surface area contributed by atoms with E-state index in [1.165, 1.54) is 11.3 Å². The Hall–Kier alpha value is -1.32. The minimum atomic E-state index is -0.00680. The first-order valence-electron chi connectivity index (χ1n) is 5.06. The predicted molar refractivity (Wildman–Crippen MR) is 70.5 cm³/mol. The van der Waals surface area contributed by atoms with Gasteiger partial charge in [0.05, 0.1) is 17.0 Å². The lowest BCUT2D eigenvalue weighted by atomic mass is 10.1. The second-order valence-corrected chi connectivity index (χ2v) is 5.28. The summed E-state index contributed by atoms with van der Waals surface area (Å²) >= 11 is 7.48. The van der Waals surface area contributed by atoms with E-state index < -0.39 is 0 Å². The summed E-state index contributed by atoms with van der Waals surface area (Å²) in [4.78, 5) is 14.0. The van der Waals surface area contributed by atoms with E-state index in [1.807, 2.05) is 19.1 Å². The third-order valence-corrected chi connectivity index (χ3v) is 3.67. The van der Waals surface area contributed by atoms with E-state index in [9.17, 15) is 4.79 Å². The molecule has 0 atom stereocenters. The fourth-order valence-electron chi connectivity index (χ4n) is 1.51. The van der Waals surface area contributed by atoms with E-state index >= 15 is 0 Å². The molecular weight excluding hydrogens is 256 g/mol. The second-order valence-electron chi connectivity index (χ2n) is 3.59. The zero-order valence-electron chi connectivity index (χ0n) is 9.49. The molecule has 17 heavy (non-hydrogen) atoms. The van der Waals surface area contributed by atoms with Gasteiger partial charge in [0.2, 0.25) is 5.78 Å². The second kappa shape index (κ2) is 4.90. The normalized spacial score (nSPS) is 10.3. The first-order chi connectivity index (χ1) is 8.11. The molecule has 0 unspecified atom stereocenters. The predicted octanol–water partition coefficient (Wildman–Crippen LogP) is 3.95. The lowest BCUT2D eigenvalue weighted by Gasteiger charge is -2.04. The fourth-order valence-corrected chi connectivity index (χ4v) is 2.59. The van der Waals surface area contributed by atoms with Crippen LogP contribution in [0.3, 0.4) is 0 Å². The van der Waals surface area contributed by atoms with Crippen molar-refractivity contribution in [2.24, 2.45) is 0 Å². The number of benzene rings is 1. The van der Waals surface area contributed by atoms with Crippen LogP contribution in [0, 0.1) is 6.92 Å². The number of methoxy groups -OCH3 is 1. The minimum absolute atomic E-state index is 0.00680. The number of halogens is 1. The number of carbonyl (C=O) groups excluding carboxylic acids is 1. The summed E-state index contributed by atoms with van der Waals surface area (Å²) in [5.41, 5.74) is 0.581. The molecule has 0 radical (unpaired) electrons. The van der Waals surface area contributed by atoms with Crippen LogP contribution in [0.4, 0.5) is 0 Å². The molecule has 0 aliphatic carbocycles. The van der Waals surface area contributed by atoms with Crippen molar-refractivity contribution in [2.75, 3.05) is 7.11 Å². The molecule has 0 amide bonds. The monoisotopic (exact) mass is 266 g/mol. The summed E-state index contributed by atoms with van der Waals surface area (Å²) in [6.07, 6.45) is 0. The van der Waals surface area contributed by atoms with Crippen LogP contribution in [0.1, 0.15) is 20.1 Å². The van der Waals surface area contributed by atoms with E-state index in [2.05, 4.69) is 0 Å². The number of ether oxygens (including phenoxy) is 1. The lowest BCUT2D eigenvalue weighted by molar-refractivity contribution is 0.104. The highest BCUT2D eigenvalue weighted by Crippen LogP contribution is 2.27. The Bertz CT molecular complexity index is 560. The average molecular weight is 267 g/mol. The number of hydrogen-bond donors (Lipinski definition) is 0. The van der Waals surface area contributed by atoms with Crippen molar-refractivity contribution < 1.29 is 9.53 Å². The quantitative estimate of drug-likeness (QED) is 0.787. The Balaban J connectivity index is 2.35. The van der Waals surface area contributed by atoms with E-state index in [0.29, 0.717) is 16.3 Å². The number of rotatable bonds is 3. The highest BCUT2D eigenvalue weighted by molar-refractivity contribution is 7.14. The van der Waals surface area contributed by atoms with Gasteiger partial charge in [0.1, 0.15) is 5.75 Å². The fraction of sp³-hybridized carbons (Fsp3) is 0.154. The summed E-state index contributed by atoms with van der Waals surface area (Å²) in [7, 11) is 1.55. The number of thiophene rings is 1. The molecule has 0 saturated carbocycles. The SMILES string of the molecule is COc1ccc(C(=O)c2ccc(C)s2)cc1Cl. The Morgan fingerprint density at radius 2 is 2.06 bits per heavy atom. The molecule has 1 aromatic heterocycles. The Kier molecular flexibility index (Phi) is 3.50. The third kappa shape index (κ3) is 2.51. The lowest BCUT2D eigenvalue weighted by Crippen LogP contribution is -1.98. The van der Waals surface area contributed by atoms with Gasteiger partial charge in [-0.05, 0) is 37.3 Å². The molecule has 88 valence electrons. The first kappa shape index (κ1) is 12.1. The van der Waals surface area contributed by atoms with E-state index in [4.69, 9.17) is 16.3 Å². The number of ketones is 1. The molecule has 0 aliphatic heterocycles. The maximum atomic E-state index is 12.1. The molecule has 0 bridgehead atoms. The van der Waals surface area contributed by atoms with E-state index in [0.717, 1.165) is 9.75 Å². The molecule has 2 rings (SSSR count). The van der Waals surface area contributed by atoms with Crippen molar-refractivity contribution in [3.8, 4) is 5.75 Å². The number of carbonyl (C=O) groups is 1.